The molecule has 3 aromatic rings. The molecule has 2 heterocycles. The Morgan fingerprint density at radius 3 is 2.59 bits per heavy atom. The Bertz CT molecular complexity index is 1110. The van der Waals surface area contributed by atoms with Crippen LogP contribution < -0.4 is 10.5 Å². The van der Waals surface area contributed by atoms with Gasteiger partial charge in [0, 0.05) is 0 Å². The number of halogens is 1. The Balaban J connectivity index is 1.95. The molecule has 0 saturated heterocycles. The summed E-state index contributed by atoms with van der Waals surface area (Å²) >= 11 is 0. The smallest absolute Gasteiger partial charge is 0.229 e. The topological polar surface area (TPSA) is 76.9 Å². The van der Waals surface area contributed by atoms with E-state index in [2.05, 4.69) is 11.2 Å². The highest BCUT2D eigenvalue weighted by Gasteiger charge is 2.36. The summed E-state index contributed by atoms with van der Waals surface area (Å²) in [5, 5.41) is 14.2. The van der Waals surface area contributed by atoms with Crippen molar-refractivity contribution in [3.8, 4) is 17.6 Å². The fraction of sp³-hybridized carbons (Fsp3) is 0.143. The van der Waals surface area contributed by atoms with Crippen LogP contribution in [0, 0.1) is 31.0 Å². The van der Waals surface area contributed by atoms with Gasteiger partial charge >= 0.3 is 0 Å². The molecule has 5 nitrogen and oxygen atoms in total. The van der Waals surface area contributed by atoms with Gasteiger partial charge in [-0.2, -0.15) is 10.4 Å². The van der Waals surface area contributed by atoms with Crippen molar-refractivity contribution in [2.45, 2.75) is 19.8 Å². The molecule has 1 atom stereocenters. The monoisotopic (exact) mass is 360 g/mol. The average molecular weight is 360 g/mol. The van der Waals surface area contributed by atoms with Crippen LogP contribution in [0.25, 0.3) is 5.69 Å². The van der Waals surface area contributed by atoms with Crippen LogP contribution in [0.15, 0.2) is 60.0 Å². The van der Waals surface area contributed by atoms with Crippen LogP contribution in [-0.4, -0.2) is 9.78 Å². The first kappa shape index (κ1) is 16.9. The summed E-state index contributed by atoms with van der Waals surface area (Å²) in [5.41, 5.74) is 10.4. The maximum absolute atomic E-state index is 13.7. The third-order valence-electron chi connectivity index (χ3n) is 4.70. The van der Waals surface area contributed by atoms with Crippen molar-refractivity contribution >= 4 is 0 Å². The van der Waals surface area contributed by atoms with E-state index < -0.39 is 0 Å². The molecule has 0 spiro atoms. The van der Waals surface area contributed by atoms with Crippen molar-refractivity contribution < 1.29 is 9.13 Å². The summed E-state index contributed by atoms with van der Waals surface area (Å²) in [6.45, 7) is 3.84. The molecule has 134 valence electrons. The van der Waals surface area contributed by atoms with Gasteiger partial charge in [-0.3, -0.25) is 0 Å². The van der Waals surface area contributed by atoms with Crippen LogP contribution in [-0.2, 0) is 0 Å². The Kier molecular flexibility index (Phi) is 3.93. The number of benzene rings is 2. The summed E-state index contributed by atoms with van der Waals surface area (Å²) < 4.78 is 21.0. The lowest BCUT2D eigenvalue weighted by Gasteiger charge is -2.25. The van der Waals surface area contributed by atoms with Crippen molar-refractivity contribution in [1.82, 2.24) is 9.78 Å². The van der Waals surface area contributed by atoms with E-state index in [1.807, 2.05) is 38.1 Å². The third-order valence-corrected chi connectivity index (χ3v) is 4.70. The molecule has 0 saturated carbocycles. The fourth-order valence-electron chi connectivity index (χ4n) is 3.39. The molecule has 0 aliphatic carbocycles. The molecule has 1 aromatic heterocycles. The van der Waals surface area contributed by atoms with E-state index in [0.29, 0.717) is 22.8 Å². The van der Waals surface area contributed by atoms with Crippen molar-refractivity contribution in [3.63, 3.8) is 0 Å². The number of fused-ring (bicyclic) bond motifs is 1. The van der Waals surface area contributed by atoms with Gasteiger partial charge in [0.1, 0.15) is 17.5 Å². The highest BCUT2D eigenvalue weighted by atomic mass is 19.1. The van der Waals surface area contributed by atoms with Gasteiger partial charge in [0.25, 0.3) is 0 Å². The minimum absolute atomic E-state index is 0.0353. The highest BCUT2D eigenvalue weighted by Crippen LogP contribution is 2.44. The quantitative estimate of drug-likeness (QED) is 0.753. The first-order valence-electron chi connectivity index (χ1n) is 8.49. The molecular formula is C21H17FN4O. The Morgan fingerprint density at radius 1 is 1.19 bits per heavy atom. The number of nitrogens with zero attached hydrogens (tertiary/aromatic N) is 3. The lowest BCUT2D eigenvalue weighted by atomic mass is 9.84. The van der Waals surface area contributed by atoms with Crippen molar-refractivity contribution in [2.75, 3.05) is 0 Å². The molecule has 0 fully saturated rings. The summed E-state index contributed by atoms with van der Waals surface area (Å²) in [5.74, 6) is -0.323. The van der Waals surface area contributed by atoms with Gasteiger partial charge in [-0.05, 0) is 37.6 Å². The lowest BCUT2D eigenvalue weighted by Crippen LogP contribution is -2.22. The van der Waals surface area contributed by atoms with E-state index in [1.165, 1.54) is 16.8 Å². The third kappa shape index (κ3) is 2.74. The molecule has 1 aliphatic rings. The van der Waals surface area contributed by atoms with E-state index in [9.17, 15) is 9.65 Å². The van der Waals surface area contributed by atoms with Crippen molar-refractivity contribution in [2.24, 2.45) is 5.73 Å². The number of aromatic nitrogens is 2. The number of hydrogen-bond acceptors (Lipinski definition) is 4. The van der Waals surface area contributed by atoms with Gasteiger partial charge in [-0.25, -0.2) is 9.07 Å². The fourth-order valence-corrected chi connectivity index (χ4v) is 3.39. The molecule has 0 amide bonds. The van der Waals surface area contributed by atoms with Gasteiger partial charge in [0.2, 0.25) is 11.8 Å². The highest BCUT2D eigenvalue weighted by molar-refractivity contribution is 5.57. The van der Waals surface area contributed by atoms with Crippen molar-refractivity contribution in [3.05, 3.63) is 88.2 Å². The molecule has 1 unspecified atom stereocenters. The number of allylic oxidation sites excluding steroid dienone is 1. The molecule has 2 aromatic carbocycles. The first-order valence-corrected chi connectivity index (χ1v) is 8.49. The minimum Gasteiger partial charge on any atom is -0.422 e. The molecule has 0 bridgehead atoms. The van der Waals surface area contributed by atoms with Gasteiger partial charge in [0.05, 0.1) is 22.9 Å². The summed E-state index contributed by atoms with van der Waals surface area (Å²) in [4.78, 5) is 0. The SMILES string of the molecule is Cc1ccc(C2C(C#N)=C(N)Oc3c2c(C)nn3-c2cccc(F)c2)cc1. The van der Waals surface area contributed by atoms with Gasteiger partial charge in [-0.1, -0.05) is 35.9 Å². The number of nitrogens with two attached hydrogens (primary N) is 1. The van der Waals surface area contributed by atoms with Crippen LogP contribution >= 0.6 is 0 Å². The number of hydrogen-bond donors (Lipinski definition) is 1. The minimum atomic E-state index is -0.387. The Hall–Kier alpha value is -3.59. The predicted molar refractivity (Wildman–Crippen MR) is 98.7 cm³/mol. The first-order chi connectivity index (χ1) is 13.0. The van der Waals surface area contributed by atoms with E-state index in [-0.39, 0.29) is 17.6 Å². The maximum atomic E-state index is 13.7. The van der Waals surface area contributed by atoms with Gasteiger partial charge in [-0.15, -0.1) is 0 Å². The van der Waals surface area contributed by atoms with E-state index >= 15 is 0 Å². The number of ether oxygens (including phenoxy) is 1. The molecule has 2 N–H and O–H groups in total. The number of nitriles is 1. The number of aryl methyl sites for hydroxylation is 2. The summed E-state index contributed by atoms with van der Waals surface area (Å²) in [6, 6.07) is 16.2. The lowest BCUT2D eigenvalue weighted by molar-refractivity contribution is 0.367. The van der Waals surface area contributed by atoms with Crippen LogP contribution in [0.2, 0.25) is 0 Å². The standard InChI is InChI=1S/C21H17FN4O/c1-12-6-8-14(9-7-12)19-17(11-23)20(24)27-21-18(19)13(2)25-26(21)16-5-3-4-15(22)10-16/h3-10,19H,24H2,1-2H3. The second-order valence-electron chi connectivity index (χ2n) is 6.53. The van der Waals surface area contributed by atoms with Crippen LogP contribution in [0.4, 0.5) is 4.39 Å². The van der Waals surface area contributed by atoms with Crippen molar-refractivity contribution in [1.29, 1.82) is 5.26 Å². The maximum Gasteiger partial charge on any atom is 0.229 e. The Morgan fingerprint density at radius 2 is 1.93 bits per heavy atom. The zero-order valence-electron chi connectivity index (χ0n) is 14.9. The second kappa shape index (κ2) is 6.29. The number of rotatable bonds is 2. The average Bonchev–Trinajstić information content (AvgIpc) is 2.97. The zero-order chi connectivity index (χ0) is 19.1. The molecule has 0 radical (unpaired) electrons. The van der Waals surface area contributed by atoms with E-state index in [0.717, 1.165) is 16.7 Å². The molecule has 6 heteroatoms. The second-order valence-corrected chi connectivity index (χ2v) is 6.53. The molecule has 1 aliphatic heterocycles. The molecule has 4 rings (SSSR count). The molecular weight excluding hydrogens is 343 g/mol. The normalized spacial score (nSPS) is 15.9. The Labute approximate surface area is 156 Å². The molecule has 27 heavy (non-hydrogen) atoms. The van der Waals surface area contributed by atoms with Crippen LogP contribution in [0.5, 0.6) is 5.88 Å². The largest absolute Gasteiger partial charge is 0.422 e. The van der Waals surface area contributed by atoms with Crippen LogP contribution in [0.3, 0.4) is 0 Å². The van der Waals surface area contributed by atoms with Gasteiger partial charge < -0.3 is 10.5 Å². The van der Waals surface area contributed by atoms with E-state index in [1.54, 1.807) is 12.1 Å². The zero-order valence-corrected chi connectivity index (χ0v) is 14.9. The summed E-state index contributed by atoms with van der Waals surface area (Å²) in [6.07, 6.45) is 0. The predicted octanol–water partition coefficient (Wildman–Crippen LogP) is 3.85. The van der Waals surface area contributed by atoms with Gasteiger partial charge in [0.15, 0.2) is 0 Å². The van der Waals surface area contributed by atoms with Crippen LogP contribution in [0.1, 0.15) is 28.3 Å². The summed E-state index contributed by atoms with van der Waals surface area (Å²) in [7, 11) is 0. The van der Waals surface area contributed by atoms with E-state index in [4.69, 9.17) is 10.5 Å².